The monoisotopic (exact) mass is 825 g/mol. The fourth-order valence-corrected chi connectivity index (χ4v) is 6.55. The summed E-state index contributed by atoms with van der Waals surface area (Å²) >= 11 is 0. The Morgan fingerprint density at radius 3 is 2.18 bits per heavy atom. The first-order valence-electron chi connectivity index (χ1n) is 16.7. The predicted octanol–water partition coefficient (Wildman–Crippen LogP) is 10.9. The molecule has 0 amide bonds. The van der Waals surface area contributed by atoms with E-state index >= 15 is 0 Å². The number of rotatable bonds is 6. The summed E-state index contributed by atoms with van der Waals surface area (Å²) in [5.74, 6) is 2.05. The SMILES string of the molecule is CCc1cc(C(C)(C)C)c(-c2cnn(-c3[c-]c(Oc4[c-]c5c(cc4)c4ccccc4n5-c4cc(C)ccn4)ccc3)c2)c(C(C)(C)C)c1.[Pt+2]. The van der Waals surface area contributed by atoms with Crippen LogP contribution in [0.15, 0.2) is 97.5 Å². The van der Waals surface area contributed by atoms with Gasteiger partial charge in [0.05, 0.1) is 6.20 Å². The molecule has 0 bridgehead atoms. The normalized spacial score (nSPS) is 12.0. The van der Waals surface area contributed by atoms with Crippen LogP contribution in [0.5, 0.6) is 11.5 Å². The van der Waals surface area contributed by atoms with Gasteiger partial charge in [-0.05, 0) is 81.3 Å². The number of benzene rings is 4. The van der Waals surface area contributed by atoms with Crippen LogP contribution in [0.1, 0.15) is 70.7 Å². The van der Waals surface area contributed by atoms with Gasteiger partial charge in [-0.2, -0.15) is 17.2 Å². The average molecular weight is 826 g/mol. The minimum atomic E-state index is -0.0266. The van der Waals surface area contributed by atoms with Gasteiger partial charge in [0.1, 0.15) is 5.82 Å². The van der Waals surface area contributed by atoms with Crippen molar-refractivity contribution in [2.75, 3.05) is 0 Å². The first kappa shape index (κ1) is 34.4. The van der Waals surface area contributed by atoms with Crippen LogP contribution < -0.4 is 4.74 Å². The number of pyridine rings is 1. The number of hydrogen-bond acceptors (Lipinski definition) is 3. The molecule has 3 aromatic heterocycles. The molecule has 0 saturated carbocycles. The van der Waals surface area contributed by atoms with Crippen molar-refractivity contribution < 1.29 is 25.8 Å². The molecule has 0 saturated heterocycles. The van der Waals surface area contributed by atoms with Gasteiger partial charge in [-0.3, -0.25) is 4.68 Å². The second-order valence-electron chi connectivity index (χ2n) is 14.7. The van der Waals surface area contributed by atoms with E-state index in [0.29, 0.717) is 11.5 Å². The zero-order chi connectivity index (χ0) is 33.8. The number of ether oxygens (including phenoxy) is 1. The fourth-order valence-electron chi connectivity index (χ4n) is 6.55. The zero-order valence-corrected chi connectivity index (χ0v) is 31.7. The summed E-state index contributed by atoms with van der Waals surface area (Å²) in [5, 5.41) is 7.07. The van der Waals surface area contributed by atoms with Crippen molar-refractivity contribution in [2.24, 2.45) is 0 Å². The van der Waals surface area contributed by atoms with E-state index in [-0.39, 0.29) is 31.9 Å². The van der Waals surface area contributed by atoms with Crippen molar-refractivity contribution >= 4 is 21.8 Å². The van der Waals surface area contributed by atoms with Crippen LogP contribution in [-0.4, -0.2) is 19.3 Å². The zero-order valence-electron chi connectivity index (χ0n) is 29.5. The van der Waals surface area contributed by atoms with E-state index in [1.807, 2.05) is 47.4 Å². The summed E-state index contributed by atoms with van der Waals surface area (Å²) in [5.41, 5.74) is 10.3. The number of nitrogens with zero attached hydrogens (tertiary/aromatic N) is 4. The molecule has 5 nitrogen and oxygen atoms in total. The number of para-hydroxylation sites is 1. The van der Waals surface area contributed by atoms with Gasteiger partial charge in [0.15, 0.2) is 0 Å². The summed E-state index contributed by atoms with van der Waals surface area (Å²) in [6.07, 6.45) is 6.95. The maximum Gasteiger partial charge on any atom is 2.00 e. The second kappa shape index (κ2) is 13.1. The number of aromatic nitrogens is 4. The molecule has 0 aliphatic rings. The topological polar surface area (TPSA) is 44.9 Å². The molecule has 0 spiro atoms. The van der Waals surface area contributed by atoms with Crippen LogP contribution in [-0.2, 0) is 38.3 Å². The maximum atomic E-state index is 6.42. The molecule has 250 valence electrons. The Labute approximate surface area is 304 Å². The Morgan fingerprint density at radius 1 is 0.776 bits per heavy atom. The molecule has 0 aliphatic carbocycles. The van der Waals surface area contributed by atoms with Gasteiger partial charge in [0.25, 0.3) is 0 Å². The molecule has 7 aromatic rings. The quantitative estimate of drug-likeness (QED) is 0.157. The van der Waals surface area contributed by atoms with E-state index in [2.05, 4.69) is 127 Å². The molecule has 0 unspecified atom stereocenters. The number of hydrogen-bond donors (Lipinski definition) is 0. The molecule has 3 heterocycles. The summed E-state index contributed by atoms with van der Waals surface area (Å²) < 4.78 is 10.5. The van der Waals surface area contributed by atoms with Crippen LogP contribution in [0.25, 0.3) is 44.4 Å². The van der Waals surface area contributed by atoms with Gasteiger partial charge >= 0.3 is 21.1 Å². The second-order valence-corrected chi connectivity index (χ2v) is 14.7. The summed E-state index contributed by atoms with van der Waals surface area (Å²) in [6, 6.07) is 34.2. The standard InChI is InChI=1S/C43H42N4O.Pt/c1-9-29-22-36(42(3,4)5)41(37(23-29)43(6,7)8)30-26-45-46(27-30)31-13-12-14-32(24-31)48-33-17-18-35-34-15-10-11-16-38(34)47(39(35)25-33)40-21-28(2)19-20-44-40;/h10-23,26-27H,9H2,1-8H3;/q-2;+2. The molecule has 0 atom stereocenters. The van der Waals surface area contributed by atoms with Gasteiger partial charge in [-0.1, -0.05) is 84.3 Å². The maximum absolute atomic E-state index is 6.42. The molecule has 7 rings (SSSR count). The molecular formula is C43H42N4OPt. The Balaban J connectivity index is 0.00000417. The van der Waals surface area contributed by atoms with Crippen LogP contribution in [0.3, 0.4) is 0 Å². The van der Waals surface area contributed by atoms with Gasteiger partial charge in [0, 0.05) is 35.0 Å². The first-order valence-corrected chi connectivity index (χ1v) is 16.7. The van der Waals surface area contributed by atoms with E-state index < -0.39 is 0 Å². The third-order valence-corrected chi connectivity index (χ3v) is 9.00. The molecule has 0 fully saturated rings. The summed E-state index contributed by atoms with van der Waals surface area (Å²) in [7, 11) is 0. The predicted molar refractivity (Wildman–Crippen MR) is 197 cm³/mol. The van der Waals surface area contributed by atoms with Gasteiger partial charge in [0.2, 0.25) is 0 Å². The van der Waals surface area contributed by atoms with Crippen molar-refractivity contribution in [2.45, 2.75) is 72.6 Å². The third kappa shape index (κ3) is 6.62. The van der Waals surface area contributed by atoms with E-state index in [4.69, 9.17) is 14.8 Å². The largest absolute Gasteiger partial charge is 2.00 e. The van der Waals surface area contributed by atoms with Gasteiger partial charge < -0.3 is 9.30 Å². The van der Waals surface area contributed by atoms with Crippen molar-refractivity contribution in [3.8, 4) is 34.1 Å². The molecule has 0 N–H and O–H groups in total. The minimum Gasteiger partial charge on any atom is -0.509 e. The van der Waals surface area contributed by atoms with Crippen LogP contribution >= 0.6 is 0 Å². The van der Waals surface area contributed by atoms with Crippen molar-refractivity contribution in [1.82, 2.24) is 19.3 Å². The summed E-state index contributed by atoms with van der Waals surface area (Å²) in [6.45, 7) is 18.1. The van der Waals surface area contributed by atoms with Crippen LogP contribution in [0.4, 0.5) is 0 Å². The van der Waals surface area contributed by atoms with E-state index in [1.165, 1.54) is 22.3 Å². The number of aryl methyl sites for hydroxylation is 2. The molecule has 49 heavy (non-hydrogen) atoms. The molecule has 4 aromatic carbocycles. The number of fused-ring (bicyclic) bond motifs is 3. The average Bonchev–Trinajstić information content (AvgIpc) is 3.67. The Hall–Kier alpha value is -4.47. The van der Waals surface area contributed by atoms with Crippen molar-refractivity contribution in [1.29, 1.82) is 0 Å². The third-order valence-electron chi connectivity index (χ3n) is 9.00. The smallest absolute Gasteiger partial charge is 0.509 e. The Bertz CT molecular complexity index is 2260. The Morgan fingerprint density at radius 2 is 1.49 bits per heavy atom. The van der Waals surface area contributed by atoms with Gasteiger partial charge in [-0.15, -0.1) is 35.7 Å². The van der Waals surface area contributed by atoms with Gasteiger partial charge in [-0.25, -0.2) is 4.98 Å². The summed E-state index contributed by atoms with van der Waals surface area (Å²) in [4.78, 5) is 4.70. The first-order chi connectivity index (χ1) is 22.9. The molecule has 0 radical (unpaired) electrons. The van der Waals surface area contributed by atoms with E-state index in [9.17, 15) is 0 Å². The molecule has 0 aliphatic heterocycles. The van der Waals surface area contributed by atoms with E-state index in [0.717, 1.165) is 50.9 Å². The molecular weight excluding hydrogens is 784 g/mol. The molecule has 6 heteroatoms. The van der Waals surface area contributed by atoms with Crippen LogP contribution in [0.2, 0.25) is 0 Å². The van der Waals surface area contributed by atoms with E-state index in [1.54, 1.807) is 0 Å². The fraction of sp³-hybridized carbons (Fsp3) is 0.256. The minimum absolute atomic E-state index is 0. The Kier molecular flexibility index (Phi) is 9.19. The van der Waals surface area contributed by atoms with Crippen molar-refractivity contribution in [3.05, 3.63) is 132 Å². The van der Waals surface area contributed by atoms with Crippen molar-refractivity contribution in [3.63, 3.8) is 0 Å². The van der Waals surface area contributed by atoms with Crippen LogP contribution in [0, 0.1) is 19.1 Å².